The van der Waals surface area contributed by atoms with Gasteiger partial charge in [-0.2, -0.15) is 0 Å². The van der Waals surface area contributed by atoms with E-state index in [1.54, 1.807) is 6.20 Å². The molecule has 5 heteroatoms. The Bertz CT molecular complexity index is 461. The predicted molar refractivity (Wildman–Crippen MR) is 69.3 cm³/mol. The van der Waals surface area contributed by atoms with E-state index in [0.717, 1.165) is 12.1 Å². The lowest BCUT2D eigenvalue weighted by Gasteiger charge is -2.19. The SMILES string of the molecule is C[C@H](NC(=O)C1CCCC1C(=O)O)c1ccccn1. The summed E-state index contributed by atoms with van der Waals surface area (Å²) in [6.07, 6.45) is 3.71. The largest absolute Gasteiger partial charge is 0.481 e. The molecule has 0 radical (unpaired) electrons. The minimum atomic E-state index is -0.872. The van der Waals surface area contributed by atoms with E-state index in [0.29, 0.717) is 12.8 Å². The molecule has 0 aromatic carbocycles. The molecule has 2 rings (SSSR count). The third-order valence-corrected chi connectivity index (χ3v) is 3.66. The monoisotopic (exact) mass is 262 g/mol. The lowest BCUT2D eigenvalue weighted by Crippen LogP contribution is -2.36. The fourth-order valence-electron chi connectivity index (χ4n) is 2.60. The van der Waals surface area contributed by atoms with Crippen molar-refractivity contribution < 1.29 is 14.7 Å². The van der Waals surface area contributed by atoms with Gasteiger partial charge in [-0.05, 0) is 31.9 Å². The third kappa shape index (κ3) is 3.10. The fourth-order valence-corrected chi connectivity index (χ4v) is 2.60. The molecule has 1 saturated carbocycles. The molecular weight excluding hydrogens is 244 g/mol. The molecule has 1 aliphatic carbocycles. The second-order valence-electron chi connectivity index (χ2n) is 4.97. The van der Waals surface area contributed by atoms with Crippen molar-refractivity contribution in [2.45, 2.75) is 32.2 Å². The van der Waals surface area contributed by atoms with E-state index >= 15 is 0 Å². The van der Waals surface area contributed by atoms with Crippen LogP contribution >= 0.6 is 0 Å². The van der Waals surface area contributed by atoms with Gasteiger partial charge in [0, 0.05) is 6.20 Å². The van der Waals surface area contributed by atoms with Crippen LogP contribution in [0.5, 0.6) is 0 Å². The van der Waals surface area contributed by atoms with Gasteiger partial charge in [0.1, 0.15) is 0 Å². The first-order valence-electron chi connectivity index (χ1n) is 6.53. The van der Waals surface area contributed by atoms with Crippen molar-refractivity contribution in [2.75, 3.05) is 0 Å². The van der Waals surface area contributed by atoms with Gasteiger partial charge in [-0.15, -0.1) is 0 Å². The molecule has 1 amide bonds. The number of carboxylic acids is 1. The number of aromatic nitrogens is 1. The number of carbonyl (C=O) groups is 2. The van der Waals surface area contributed by atoms with E-state index in [4.69, 9.17) is 5.11 Å². The van der Waals surface area contributed by atoms with Crippen LogP contribution in [0.25, 0.3) is 0 Å². The summed E-state index contributed by atoms with van der Waals surface area (Å²) in [6.45, 7) is 1.85. The standard InChI is InChI=1S/C14H18N2O3/c1-9(12-7-2-3-8-15-12)16-13(17)10-5-4-6-11(10)14(18)19/h2-3,7-11H,4-6H2,1H3,(H,16,17)(H,18,19)/t9-,10?,11?/m0/s1. The van der Waals surface area contributed by atoms with Gasteiger partial charge in [0.05, 0.1) is 23.6 Å². The van der Waals surface area contributed by atoms with Crippen molar-refractivity contribution in [3.05, 3.63) is 30.1 Å². The lowest BCUT2D eigenvalue weighted by molar-refractivity contribution is -0.146. The van der Waals surface area contributed by atoms with E-state index in [1.807, 2.05) is 25.1 Å². The first kappa shape index (κ1) is 13.5. The average molecular weight is 262 g/mol. The van der Waals surface area contributed by atoms with Gasteiger partial charge in [-0.3, -0.25) is 14.6 Å². The minimum Gasteiger partial charge on any atom is -0.481 e. The van der Waals surface area contributed by atoms with E-state index in [-0.39, 0.29) is 11.9 Å². The highest BCUT2D eigenvalue weighted by Gasteiger charge is 2.38. The molecule has 19 heavy (non-hydrogen) atoms. The molecule has 3 atom stereocenters. The molecule has 102 valence electrons. The maximum Gasteiger partial charge on any atom is 0.307 e. The molecule has 0 bridgehead atoms. The van der Waals surface area contributed by atoms with Crippen molar-refractivity contribution in [1.82, 2.24) is 10.3 Å². The van der Waals surface area contributed by atoms with Crippen molar-refractivity contribution in [1.29, 1.82) is 0 Å². The van der Waals surface area contributed by atoms with Crippen LogP contribution in [0, 0.1) is 11.8 Å². The van der Waals surface area contributed by atoms with Crippen LogP contribution in [0.2, 0.25) is 0 Å². The normalized spacial score (nSPS) is 23.8. The number of aliphatic carboxylic acids is 1. The number of pyridine rings is 1. The zero-order chi connectivity index (χ0) is 13.8. The second-order valence-corrected chi connectivity index (χ2v) is 4.97. The van der Waals surface area contributed by atoms with Crippen LogP contribution in [-0.4, -0.2) is 22.0 Å². The van der Waals surface area contributed by atoms with Crippen LogP contribution in [-0.2, 0) is 9.59 Å². The number of amides is 1. The molecule has 1 fully saturated rings. The van der Waals surface area contributed by atoms with Crippen LogP contribution < -0.4 is 5.32 Å². The Balaban J connectivity index is 1.99. The molecule has 2 N–H and O–H groups in total. The Kier molecular flexibility index (Phi) is 4.14. The average Bonchev–Trinajstić information content (AvgIpc) is 2.89. The van der Waals surface area contributed by atoms with Crippen molar-refractivity contribution >= 4 is 11.9 Å². The van der Waals surface area contributed by atoms with Crippen molar-refractivity contribution in [2.24, 2.45) is 11.8 Å². The summed E-state index contributed by atoms with van der Waals surface area (Å²) in [5.74, 6) is -2.01. The van der Waals surface area contributed by atoms with Gasteiger partial charge < -0.3 is 10.4 Å². The molecule has 2 unspecified atom stereocenters. The lowest BCUT2D eigenvalue weighted by atomic mass is 9.95. The highest BCUT2D eigenvalue weighted by Crippen LogP contribution is 2.32. The van der Waals surface area contributed by atoms with Gasteiger partial charge in [-0.1, -0.05) is 12.5 Å². The van der Waals surface area contributed by atoms with Gasteiger partial charge in [0.2, 0.25) is 5.91 Å². The summed E-state index contributed by atoms with van der Waals surface area (Å²) in [4.78, 5) is 27.4. The van der Waals surface area contributed by atoms with Gasteiger partial charge in [0.15, 0.2) is 0 Å². The number of rotatable bonds is 4. The number of carbonyl (C=O) groups excluding carboxylic acids is 1. The zero-order valence-electron chi connectivity index (χ0n) is 10.9. The Morgan fingerprint density at radius 2 is 2.11 bits per heavy atom. The highest BCUT2D eigenvalue weighted by molar-refractivity contribution is 5.85. The molecule has 1 aromatic heterocycles. The second kappa shape index (κ2) is 5.82. The maximum absolute atomic E-state index is 12.1. The number of hydrogen-bond acceptors (Lipinski definition) is 3. The van der Waals surface area contributed by atoms with E-state index in [1.165, 1.54) is 0 Å². The van der Waals surface area contributed by atoms with E-state index in [9.17, 15) is 9.59 Å². The zero-order valence-corrected chi connectivity index (χ0v) is 10.9. The Hall–Kier alpha value is -1.91. The minimum absolute atomic E-state index is 0.178. The Labute approximate surface area is 112 Å². The molecule has 0 spiro atoms. The van der Waals surface area contributed by atoms with E-state index < -0.39 is 17.8 Å². The van der Waals surface area contributed by atoms with Crippen LogP contribution in [0.4, 0.5) is 0 Å². The quantitative estimate of drug-likeness (QED) is 0.866. The topological polar surface area (TPSA) is 79.3 Å². The fraction of sp³-hybridized carbons (Fsp3) is 0.500. The third-order valence-electron chi connectivity index (χ3n) is 3.66. The first-order chi connectivity index (χ1) is 9.09. The van der Waals surface area contributed by atoms with Crippen molar-refractivity contribution in [3.8, 4) is 0 Å². The number of nitrogens with zero attached hydrogens (tertiary/aromatic N) is 1. The Morgan fingerprint density at radius 1 is 1.37 bits per heavy atom. The van der Waals surface area contributed by atoms with Crippen LogP contribution in [0.3, 0.4) is 0 Å². The molecule has 0 saturated heterocycles. The molecular formula is C14H18N2O3. The summed E-state index contributed by atoms with van der Waals surface area (Å²) >= 11 is 0. The van der Waals surface area contributed by atoms with Gasteiger partial charge in [-0.25, -0.2) is 0 Å². The van der Waals surface area contributed by atoms with Crippen LogP contribution in [0.15, 0.2) is 24.4 Å². The Morgan fingerprint density at radius 3 is 2.74 bits per heavy atom. The maximum atomic E-state index is 12.1. The summed E-state index contributed by atoms with van der Waals surface area (Å²) in [5, 5.41) is 11.9. The van der Waals surface area contributed by atoms with E-state index in [2.05, 4.69) is 10.3 Å². The molecule has 0 aliphatic heterocycles. The highest BCUT2D eigenvalue weighted by atomic mass is 16.4. The molecule has 1 aromatic rings. The number of carboxylic acid groups (broad SMARTS) is 1. The smallest absolute Gasteiger partial charge is 0.307 e. The predicted octanol–water partition coefficient (Wildman–Crippen LogP) is 1.76. The van der Waals surface area contributed by atoms with Gasteiger partial charge >= 0.3 is 5.97 Å². The summed E-state index contributed by atoms with van der Waals surface area (Å²) in [6, 6.07) is 5.31. The molecule has 1 heterocycles. The number of hydrogen-bond donors (Lipinski definition) is 2. The van der Waals surface area contributed by atoms with Crippen molar-refractivity contribution in [3.63, 3.8) is 0 Å². The number of nitrogens with one attached hydrogen (secondary N) is 1. The molecule has 5 nitrogen and oxygen atoms in total. The summed E-state index contributed by atoms with van der Waals surface area (Å²) < 4.78 is 0. The van der Waals surface area contributed by atoms with Gasteiger partial charge in [0.25, 0.3) is 0 Å². The molecule has 1 aliphatic rings. The first-order valence-corrected chi connectivity index (χ1v) is 6.53. The van der Waals surface area contributed by atoms with Crippen LogP contribution in [0.1, 0.15) is 37.9 Å². The summed E-state index contributed by atoms with van der Waals surface area (Å²) in [5.41, 5.74) is 0.778. The summed E-state index contributed by atoms with van der Waals surface area (Å²) in [7, 11) is 0.